The highest BCUT2D eigenvalue weighted by Crippen LogP contribution is 2.27. The highest BCUT2D eigenvalue weighted by molar-refractivity contribution is 6.30. The lowest BCUT2D eigenvalue weighted by molar-refractivity contribution is -0.148. The number of hydrogen-bond acceptors (Lipinski definition) is 4. The second-order valence-electron chi connectivity index (χ2n) is 5.74. The number of esters is 1. The van der Waals surface area contributed by atoms with Crippen molar-refractivity contribution >= 4 is 23.5 Å². The average molecular weight is 339 g/mol. The minimum Gasteiger partial charge on any atom is -0.468 e. The van der Waals surface area contributed by atoms with E-state index in [2.05, 4.69) is 10.2 Å². The van der Waals surface area contributed by atoms with Gasteiger partial charge in [0.25, 0.3) is 0 Å². The van der Waals surface area contributed by atoms with Crippen LogP contribution in [-0.4, -0.2) is 43.0 Å². The number of hydrogen-bond donors (Lipinski definition) is 1. The molecule has 1 fully saturated rings. The summed E-state index contributed by atoms with van der Waals surface area (Å²) in [4.78, 5) is 26.0. The zero-order valence-electron chi connectivity index (χ0n) is 13.5. The SMILES string of the molecule is CCC(=O)N[C@@H]1CCCN([C@@H](C(=O)OC)c2cccc(Cl)c2)C1. The lowest BCUT2D eigenvalue weighted by atomic mass is 9.99. The van der Waals surface area contributed by atoms with Gasteiger partial charge in [-0.15, -0.1) is 0 Å². The van der Waals surface area contributed by atoms with E-state index in [9.17, 15) is 9.59 Å². The molecule has 6 heteroatoms. The van der Waals surface area contributed by atoms with Gasteiger partial charge in [-0.2, -0.15) is 0 Å². The minimum atomic E-state index is -0.500. The third kappa shape index (κ3) is 4.69. The molecule has 126 valence electrons. The van der Waals surface area contributed by atoms with Crippen LogP contribution in [0.1, 0.15) is 37.8 Å². The van der Waals surface area contributed by atoms with Gasteiger partial charge in [0.15, 0.2) is 0 Å². The van der Waals surface area contributed by atoms with Crippen LogP contribution in [-0.2, 0) is 14.3 Å². The second-order valence-corrected chi connectivity index (χ2v) is 6.17. The summed E-state index contributed by atoms with van der Waals surface area (Å²) in [6, 6.07) is 6.83. The molecule has 1 N–H and O–H groups in total. The third-order valence-electron chi connectivity index (χ3n) is 4.09. The Morgan fingerprint density at radius 2 is 2.26 bits per heavy atom. The molecule has 1 saturated heterocycles. The molecule has 1 amide bonds. The van der Waals surface area contributed by atoms with Crippen molar-refractivity contribution in [3.05, 3.63) is 34.9 Å². The Kier molecular flexibility index (Phi) is 6.42. The van der Waals surface area contributed by atoms with Crippen LogP contribution in [0.5, 0.6) is 0 Å². The fraction of sp³-hybridized carbons (Fsp3) is 0.529. The van der Waals surface area contributed by atoms with Crippen molar-refractivity contribution in [2.24, 2.45) is 0 Å². The van der Waals surface area contributed by atoms with Crippen LogP contribution < -0.4 is 5.32 Å². The summed E-state index contributed by atoms with van der Waals surface area (Å²) >= 11 is 6.06. The second kappa shape index (κ2) is 8.31. The molecule has 0 radical (unpaired) electrons. The molecule has 2 rings (SSSR count). The molecule has 0 saturated carbocycles. The maximum absolute atomic E-state index is 12.3. The van der Waals surface area contributed by atoms with Gasteiger partial charge in [0, 0.05) is 24.0 Å². The van der Waals surface area contributed by atoms with Crippen LogP contribution in [0.25, 0.3) is 0 Å². The van der Waals surface area contributed by atoms with Crippen molar-refractivity contribution in [3.63, 3.8) is 0 Å². The van der Waals surface area contributed by atoms with E-state index in [1.165, 1.54) is 7.11 Å². The van der Waals surface area contributed by atoms with Gasteiger partial charge < -0.3 is 10.1 Å². The third-order valence-corrected chi connectivity index (χ3v) is 4.33. The zero-order chi connectivity index (χ0) is 16.8. The van der Waals surface area contributed by atoms with E-state index in [1.807, 2.05) is 19.1 Å². The van der Waals surface area contributed by atoms with Gasteiger partial charge in [-0.05, 0) is 37.1 Å². The quantitative estimate of drug-likeness (QED) is 0.838. The number of rotatable bonds is 5. The largest absolute Gasteiger partial charge is 0.468 e. The highest BCUT2D eigenvalue weighted by atomic mass is 35.5. The van der Waals surface area contributed by atoms with Crippen LogP contribution in [0.4, 0.5) is 0 Å². The average Bonchev–Trinajstić information content (AvgIpc) is 2.55. The summed E-state index contributed by atoms with van der Waals surface area (Å²) in [5, 5.41) is 3.60. The van der Waals surface area contributed by atoms with Crippen molar-refractivity contribution in [2.75, 3.05) is 20.2 Å². The normalized spacial score (nSPS) is 19.9. The van der Waals surface area contributed by atoms with Gasteiger partial charge in [-0.3, -0.25) is 9.69 Å². The number of carbonyl (C=O) groups excluding carboxylic acids is 2. The minimum absolute atomic E-state index is 0.0363. The summed E-state index contributed by atoms with van der Waals surface area (Å²) in [6.07, 6.45) is 2.31. The van der Waals surface area contributed by atoms with Crippen molar-refractivity contribution in [3.8, 4) is 0 Å². The molecule has 1 aliphatic heterocycles. The summed E-state index contributed by atoms with van der Waals surface area (Å²) in [6.45, 7) is 3.24. The van der Waals surface area contributed by atoms with E-state index in [0.717, 1.165) is 24.9 Å². The maximum Gasteiger partial charge on any atom is 0.327 e. The number of nitrogens with zero attached hydrogens (tertiary/aromatic N) is 1. The molecule has 0 aliphatic carbocycles. The van der Waals surface area contributed by atoms with E-state index in [4.69, 9.17) is 16.3 Å². The zero-order valence-corrected chi connectivity index (χ0v) is 14.3. The molecule has 1 aromatic carbocycles. The van der Waals surface area contributed by atoms with E-state index >= 15 is 0 Å². The Hall–Kier alpha value is -1.59. The van der Waals surface area contributed by atoms with Crippen LogP contribution in [0, 0.1) is 0 Å². The molecule has 2 atom stereocenters. The number of methoxy groups -OCH3 is 1. The number of carbonyl (C=O) groups is 2. The fourth-order valence-electron chi connectivity index (χ4n) is 2.97. The predicted molar refractivity (Wildman–Crippen MR) is 89.2 cm³/mol. The number of piperidine rings is 1. The van der Waals surface area contributed by atoms with Gasteiger partial charge >= 0.3 is 5.97 Å². The van der Waals surface area contributed by atoms with Crippen molar-refractivity contribution in [2.45, 2.75) is 38.3 Å². The number of amides is 1. The Morgan fingerprint density at radius 3 is 2.91 bits per heavy atom. The first-order chi connectivity index (χ1) is 11.0. The van der Waals surface area contributed by atoms with Crippen LogP contribution in [0.15, 0.2) is 24.3 Å². The number of nitrogens with one attached hydrogen (secondary N) is 1. The van der Waals surface area contributed by atoms with Crippen LogP contribution in [0.3, 0.4) is 0 Å². The van der Waals surface area contributed by atoms with E-state index in [0.29, 0.717) is 18.0 Å². The smallest absolute Gasteiger partial charge is 0.327 e. The highest BCUT2D eigenvalue weighted by Gasteiger charge is 2.32. The Balaban J connectivity index is 2.18. The van der Waals surface area contributed by atoms with Gasteiger partial charge in [0.05, 0.1) is 7.11 Å². The predicted octanol–water partition coefficient (Wildman–Crippen LogP) is 2.54. The number of likely N-dealkylation sites (tertiary alicyclic amines) is 1. The number of ether oxygens (including phenoxy) is 1. The summed E-state index contributed by atoms with van der Waals surface area (Å²) in [7, 11) is 1.39. The first kappa shape index (κ1) is 17.8. The van der Waals surface area contributed by atoms with Crippen molar-refractivity contribution < 1.29 is 14.3 Å². The first-order valence-corrected chi connectivity index (χ1v) is 8.29. The van der Waals surface area contributed by atoms with Gasteiger partial charge in [-0.1, -0.05) is 30.7 Å². The molecular weight excluding hydrogens is 316 g/mol. The molecule has 1 heterocycles. The standard InChI is InChI=1S/C17H23ClN2O3/c1-3-15(21)19-14-8-5-9-20(11-14)16(17(22)23-2)12-6-4-7-13(18)10-12/h4,6-7,10,14,16H,3,5,8-9,11H2,1-2H3,(H,19,21)/t14-,16-/m1/s1. The molecule has 5 nitrogen and oxygen atoms in total. The summed E-state index contributed by atoms with van der Waals surface area (Å²) in [5.41, 5.74) is 0.812. The first-order valence-electron chi connectivity index (χ1n) is 7.91. The Morgan fingerprint density at radius 1 is 1.48 bits per heavy atom. The molecule has 0 bridgehead atoms. The van der Waals surface area contributed by atoms with Gasteiger partial charge in [0.2, 0.25) is 5.91 Å². The van der Waals surface area contributed by atoms with Gasteiger partial charge in [0.1, 0.15) is 6.04 Å². The fourth-order valence-corrected chi connectivity index (χ4v) is 3.17. The van der Waals surface area contributed by atoms with E-state index < -0.39 is 6.04 Å². The molecule has 0 unspecified atom stereocenters. The van der Waals surface area contributed by atoms with Crippen molar-refractivity contribution in [1.82, 2.24) is 10.2 Å². The lowest BCUT2D eigenvalue weighted by Crippen LogP contribution is -2.50. The lowest BCUT2D eigenvalue weighted by Gasteiger charge is -2.37. The monoisotopic (exact) mass is 338 g/mol. The Labute approximate surface area is 141 Å². The number of benzene rings is 1. The molecule has 0 aromatic heterocycles. The van der Waals surface area contributed by atoms with Crippen LogP contribution >= 0.6 is 11.6 Å². The van der Waals surface area contributed by atoms with E-state index in [1.54, 1.807) is 12.1 Å². The summed E-state index contributed by atoms with van der Waals surface area (Å²) in [5.74, 6) is -0.274. The molecule has 1 aliphatic rings. The maximum atomic E-state index is 12.3. The summed E-state index contributed by atoms with van der Waals surface area (Å²) < 4.78 is 4.99. The van der Waals surface area contributed by atoms with Gasteiger partial charge in [-0.25, -0.2) is 4.79 Å². The number of halogens is 1. The van der Waals surface area contributed by atoms with Crippen LogP contribution in [0.2, 0.25) is 5.02 Å². The van der Waals surface area contributed by atoms with Crippen molar-refractivity contribution in [1.29, 1.82) is 0 Å². The molecule has 23 heavy (non-hydrogen) atoms. The molecule has 0 spiro atoms. The molecule has 1 aromatic rings. The van der Waals surface area contributed by atoms with E-state index in [-0.39, 0.29) is 17.9 Å². The Bertz CT molecular complexity index is 565. The molecular formula is C17H23ClN2O3. The topological polar surface area (TPSA) is 58.6 Å².